The smallest absolute Gasteiger partial charge is 0.336 e. The number of allylic oxidation sites excluding steroid dienone is 2. The van der Waals surface area contributed by atoms with Crippen molar-refractivity contribution in [1.82, 2.24) is 0 Å². The van der Waals surface area contributed by atoms with E-state index in [9.17, 15) is 4.79 Å². The molecule has 3 heteroatoms. The van der Waals surface area contributed by atoms with Crippen molar-refractivity contribution >= 4 is 5.97 Å². The van der Waals surface area contributed by atoms with Crippen LogP contribution in [0.25, 0.3) is 0 Å². The van der Waals surface area contributed by atoms with Crippen LogP contribution in [-0.4, -0.2) is 17.7 Å². The first-order chi connectivity index (χ1) is 7.45. The number of aliphatic hydroxyl groups excluding tert-OH is 1. The minimum Gasteiger partial charge on any atom is -0.430 e. The maximum atomic E-state index is 11.1. The molecule has 3 nitrogen and oxygen atoms in total. The average molecular weight is 226 g/mol. The van der Waals surface area contributed by atoms with Gasteiger partial charge < -0.3 is 9.84 Å². The molecule has 1 aliphatic carbocycles. The van der Waals surface area contributed by atoms with Gasteiger partial charge in [0.25, 0.3) is 0 Å². The standard InChI is InChI=1S/C13H22O3/c1-8-5-12(16-13(15)7-14)6-9(2)11(4)10(8)3/h5,8-11,14H,6-7H2,1-4H3. The van der Waals surface area contributed by atoms with Crippen molar-refractivity contribution in [2.24, 2.45) is 23.7 Å². The van der Waals surface area contributed by atoms with Crippen molar-refractivity contribution < 1.29 is 14.6 Å². The highest BCUT2D eigenvalue weighted by molar-refractivity contribution is 5.71. The van der Waals surface area contributed by atoms with Gasteiger partial charge in [0.15, 0.2) is 0 Å². The molecule has 4 unspecified atom stereocenters. The zero-order valence-corrected chi connectivity index (χ0v) is 10.6. The van der Waals surface area contributed by atoms with E-state index in [2.05, 4.69) is 27.7 Å². The van der Waals surface area contributed by atoms with Crippen LogP contribution in [0.1, 0.15) is 34.1 Å². The van der Waals surface area contributed by atoms with Gasteiger partial charge in [-0.05, 0) is 29.7 Å². The molecule has 0 amide bonds. The summed E-state index contributed by atoms with van der Waals surface area (Å²) in [7, 11) is 0. The monoisotopic (exact) mass is 226 g/mol. The molecule has 0 aromatic rings. The van der Waals surface area contributed by atoms with Crippen molar-refractivity contribution in [3.63, 3.8) is 0 Å². The van der Waals surface area contributed by atoms with Gasteiger partial charge in [-0.25, -0.2) is 4.79 Å². The highest BCUT2D eigenvalue weighted by Gasteiger charge is 2.28. The second kappa shape index (κ2) is 5.48. The van der Waals surface area contributed by atoms with Gasteiger partial charge in [-0.15, -0.1) is 0 Å². The number of carbonyl (C=O) groups excluding carboxylic acids is 1. The summed E-state index contributed by atoms with van der Waals surface area (Å²) in [6.45, 7) is 8.26. The first-order valence-electron chi connectivity index (χ1n) is 5.98. The number of carbonyl (C=O) groups is 1. The number of ether oxygens (including phenoxy) is 1. The van der Waals surface area contributed by atoms with E-state index in [4.69, 9.17) is 9.84 Å². The number of rotatable bonds is 2. The summed E-state index contributed by atoms with van der Waals surface area (Å²) in [5.74, 6) is 2.25. The van der Waals surface area contributed by atoms with E-state index in [1.807, 2.05) is 6.08 Å². The average Bonchev–Trinajstić information content (AvgIpc) is 2.32. The van der Waals surface area contributed by atoms with E-state index in [0.717, 1.165) is 12.2 Å². The maximum absolute atomic E-state index is 11.1. The van der Waals surface area contributed by atoms with Gasteiger partial charge in [0, 0.05) is 6.42 Å². The van der Waals surface area contributed by atoms with Crippen LogP contribution < -0.4 is 0 Å². The zero-order chi connectivity index (χ0) is 12.3. The van der Waals surface area contributed by atoms with Crippen LogP contribution in [0.3, 0.4) is 0 Å². The fraction of sp³-hybridized carbons (Fsp3) is 0.769. The van der Waals surface area contributed by atoms with Crippen LogP contribution in [0, 0.1) is 23.7 Å². The SMILES string of the molecule is CC1C=C(OC(=O)CO)CC(C)C(C)C1C. The molecule has 0 saturated carbocycles. The van der Waals surface area contributed by atoms with Gasteiger partial charge in [-0.1, -0.05) is 27.7 Å². The first kappa shape index (κ1) is 13.2. The molecule has 1 N–H and O–H groups in total. The second-order valence-electron chi connectivity index (χ2n) is 5.02. The Kier molecular flexibility index (Phi) is 4.54. The topological polar surface area (TPSA) is 46.5 Å². The molecule has 1 aliphatic rings. The Morgan fingerprint density at radius 1 is 1.38 bits per heavy atom. The minimum absolute atomic E-state index is 0.404. The van der Waals surface area contributed by atoms with Crippen molar-refractivity contribution in [2.75, 3.05) is 6.61 Å². The molecule has 0 spiro atoms. The fourth-order valence-corrected chi connectivity index (χ4v) is 2.27. The quantitative estimate of drug-likeness (QED) is 0.735. The van der Waals surface area contributed by atoms with E-state index in [-0.39, 0.29) is 0 Å². The first-order valence-corrected chi connectivity index (χ1v) is 5.98. The lowest BCUT2D eigenvalue weighted by Crippen LogP contribution is -2.19. The predicted molar refractivity (Wildman–Crippen MR) is 62.5 cm³/mol. The highest BCUT2D eigenvalue weighted by atomic mass is 16.5. The van der Waals surface area contributed by atoms with Gasteiger partial charge in [-0.3, -0.25) is 0 Å². The van der Waals surface area contributed by atoms with E-state index in [1.165, 1.54) is 0 Å². The van der Waals surface area contributed by atoms with Crippen LogP contribution in [-0.2, 0) is 9.53 Å². The molecule has 0 radical (unpaired) electrons. The molecule has 0 bridgehead atoms. The Hall–Kier alpha value is -0.830. The molecular weight excluding hydrogens is 204 g/mol. The van der Waals surface area contributed by atoms with Crippen molar-refractivity contribution in [3.8, 4) is 0 Å². The minimum atomic E-state index is -0.562. The summed E-state index contributed by atoms with van der Waals surface area (Å²) in [5, 5.41) is 8.67. The summed E-state index contributed by atoms with van der Waals surface area (Å²) >= 11 is 0. The summed E-state index contributed by atoms with van der Waals surface area (Å²) in [4.78, 5) is 11.1. The third-order valence-corrected chi connectivity index (χ3v) is 3.90. The molecule has 4 atom stereocenters. The molecule has 0 saturated heterocycles. The third-order valence-electron chi connectivity index (χ3n) is 3.90. The predicted octanol–water partition coefficient (Wildman–Crippen LogP) is 2.35. The molecule has 0 aromatic heterocycles. The summed E-state index contributed by atoms with van der Waals surface area (Å²) in [6, 6.07) is 0. The molecule has 0 aromatic carbocycles. The van der Waals surface area contributed by atoms with Gasteiger partial charge in [0.05, 0.1) is 0 Å². The largest absolute Gasteiger partial charge is 0.430 e. The Morgan fingerprint density at radius 3 is 2.56 bits per heavy atom. The van der Waals surface area contributed by atoms with E-state index in [1.54, 1.807) is 0 Å². The zero-order valence-electron chi connectivity index (χ0n) is 10.6. The summed E-state index contributed by atoms with van der Waals surface area (Å²) in [6.07, 6.45) is 2.81. The number of esters is 1. The summed E-state index contributed by atoms with van der Waals surface area (Å²) in [5.41, 5.74) is 0. The highest BCUT2D eigenvalue weighted by Crippen LogP contribution is 2.35. The van der Waals surface area contributed by atoms with Crippen LogP contribution in [0.5, 0.6) is 0 Å². The number of hydrogen-bond acceptors (Lipinski definition) is 3. The molecule has 1 rings (SSSR count). The van der Waals surface area contributed by atoms with Crippen LogP contribution in [0.4, 0.5) is 0 Å². The lowest BCUT2D eigenvalue weighted by molar-refractivity contribution is -0.143. The van der Waals surface area contributed by atoms with Crippen molar-refractivity contribution in [1.29, 1.82) is 0 Å². The van der Waals surface area contributed by atoms with Crippen LogP contribution in [0.15, 0.2) is 11.8 Å². The Morgan fingerprint density at radius 2 is 2.00 bits per heavy atom. The molecule has 0 fully saturated rings. The van der Waals surface area contributed by atoms with Gasteiger partial charge >= 0.3 is 5.97 Å². The number of aliphatic hydroxyl groups is 1. The molecule has 16 heavy (non-hydrogen) atoms. The van der Waals surface area contributed by atoms with Crippen LogP contribution in [0.2, 0.25) is 0 Å². The second-order valence-corrected chi connectivity index (χ2v) is 5.02. The normalized spacial score (nSPS) is 35.2. The molecule has 0 aliphatic heterocycles. The lowest BCUT2D eigenvalue weighted by atomic mass is 9.80. The van der Waals surface area contributed by atoms with Crippen molar-refractivity contribution in [2.45, 2.75) is 34.1 Å². The molecular formula is C13H22O3. The van der Waals surface area contributed by atoms with Gasteiger partial charge in [-0.2, -0.15) is 0 Å². The third kappa shape index (κ3) is 3.08. The fourth-order valence-electron chi connectivity index (χ4n) is 2.27. The summed E-state index contributed by atoms with van der Waals surface area (Å²) < 4.78 is 5.13. The Balaban J connectivity index is 2.77. The van der Waals surface area contributed by atoms with E-state index < -0.39 is 12.6 Å². The Labute approximate surface area is 97.5 Å². The van der Waals surface area contributed by atoms with Gasteiger partial charge in [0.1, 0.15) is 12.4 Å². The molecule has 0 heterocycles. The van der Waals surface area contributed by atoms with Crippen molar-refractivity contribution in [3.05, 3.63) is 11.8 Å². The van der Waals surface area contributed by atoms with Crippen LogP contribution >= 0.6 is 0 Å². The molecule has 92 valence electrons. The van der Waals surface area contributed by atoms with Gasteiger partial charge in [0.2, 0.25) is 0 Å². The number of hydrogen-bond donors (Lipinski definition) is 1. The van der Waals surface area contributed by atoms with E-state index >= 15 is 0 Å². The Bertz CT molecular complexity index is 283. The van der Waals surface area contributed by atoms with E-state index in [0.29, 0.717) is 23.7 Å². The maximum Gasteiger partial charge on any atom is 0.336 e. The lowest BCUT2D eigenvalue weighted by Gasteiger charge is -2.25.